The van der Waals surface area contributed by atoms with Crippen LogP contribution in [0.4, 0.5) is 0 Å². The van der Waals surface area contributed by atoms with Gasteiger partial charge in [-0.1, -0.05) is 6.92 Å². The van der Waals surface area contributed by atoms with Gasteiger partial charge in [-0.25, -0.2) is 4.79 Å². The minimum Gasteiger partial charge on any atom is -0.478 e. The van der Waals surface area contributed by atoms with Crippen molar-refractivity contribution in [3.63, 3.8) is 0 Å². The lowest BCUT2D eigenvalue weighted by Gasteiger charge is -2.30. The molecule has 0 radical (unpaired) electrons. The molecular weight excluding hydrogens is 232 g/mol. The van der Waals surface area contributed by atoms with Crippen LogP contribution in [0.25, 0.3) is 0 Å². The van der Waals surface area contributed by atoms with Gasteiger partial charge in [-0.05, 0) is 30.9 Å². The molecule has 0 saturated carbocycles. The highest BCUT2D eigenvalue weighted by Gasteiger charge is 2.22. The molecule has 1 aromatic rings. The molecule has 1 amide bonds. The van der Waals surface area contributed by atoms with Crippen LogP contribution in [0.1, 0.15) is 40.6 Å². The number of likely N-dealkylation sites (tertiary alicyclic amines) is 1. The number of piperidine rings is 1. The van der Waals surface area contributed by atoms with Crippen molar-refractivity contribution < 1.29 is 14.7 Å². The van der Waals surface area contributed by atoms with Crippen LogP contribution in [0.2, 0.25) is 0 Å². The second-order valence-corrected chi connectivity index (χ2v) is 4.71. The van der Waals surface area contributed by atoms with Crippen molar-refractivity contribution in [1.29, 1.82) is 0 Å². The Morgan fingerprint density at radius 1 is 1.33 bits per heavy atom. The number of aromatic carboxylic acids is 1. The summed E-state index contributed by atoms with van der Waals surface area (Å²) >= 11 is 0. The molecule has 1 N–H and O–H groups in total. The summed E-state index contributed by atoms with van der Waals surface area (Å²) in [6, 6.07) is 2.89. The van der Waals surface area contributed by atoms with Gasteiger partial charge in [-0.2, -0.15) is 0 Å². The number of aromatic nitrogens is 1. The zero-order valence-electron chi connectivity index (χ0n) is 10.3. The molecule has 0 unspecified atom stereocenters. The average molecular weight is 248 g/mol. The highest BCUT2D eigenvalue weighted by Crippen LogP contribution is 2.17. The van der Waals surface area contributed by atoms with Gasteiger partial charge in [0.15, 0.2) is 0 Å². The lowest BCUT2D eigenvalue weighted by molar-refractivity contribution is 0.0678. The molecule has 0 aliphatic carbocycles. The second kappa shape index (κ2) is 5.16. The molecule has 0 aromatic carbocycles. The Labute approximate surface area is 105 Å². The first-order chi connectivity index (χ1) is 8.58. The highest BCUT2D eigenvalue weighted by molar-refractivity contribution is 5.93. The molecule has 1 fully saturated rings. The van der Waals surface area contributed by atoms with Crippen molar-refractivity contribution in [1.82, 2.24) is 9.88 Å². The molecule has 2 rings (SSSR count). The first kappa shape index (κ1) is 12.5. The average Bonchev–Trinajstić information content (AvgIpc) is 2.39. The fourth-order valence-electron chi connectivity index (χ4n) is 2.02. The molecule has 18 heavy (non-hydrogen) atoms. The zero-order chi connectivity index (χ0) is 13.1. The van der Waals surface area contributed by atoms with Gasteiger partial charge < -0.3 is 10.0 Å². The lowest BCUT2D eigenvalue weighted by atomic mass is 9.99. The number of carboxylic acids is 1. The van der Waals surface area contributed by atoms with Crippen molar-refractivity contribution in [2.24, 2.45) is 5.92 Å². The third kappa shape index (κ3) is 2.67. The fraction of sp³-hybridized carbons (Fsp3) is 0.462. The zero-order valence-corrected chi connectivity index (χ0v) is 10.3. The summed E-state index contributed by atoms with van der Waals surface area (Å²) in [4.78, 5) is 28.5. The predicted molar refractivity (Wildman–Crippen MR) is 65.5 cm³/mol. The van der Waals surface area contributed by atoms with E-state index in [1.54, 1.807) is 4.90 Å². The SMILES string of the molecule is CC1CCN(C(=O)c2ccc(C(=O)O)cn2)CC1. The number of carboxylic acid groups (broad SMARTS) is 1. The van der Waals surface area contributed by atoms with Crippen LogP contribution in [-0.4, -0.2) is 40.0 Å². The van der Waals surface area contributed by atoms with Gasteiger partial charge in [0, 0.05) is 19.3 Å². The minimum absolute atomic E-state index is 0.0961. The van der Waals surface area contributed by atoms with E-state index in [0.717, 1.165) is 25.9 Å². The van der Waals surface area contributed by atoms with Crippen LogP contribution in [0.15, 0.2) is 18.3 Å². The topological polar surface area (TPSA) is 70.5 Å². The molecule has 1 saturated heterocycles. The summed E-state index contributed by atoms with van der Waals surface area (Å²) in [6.07, 6.45) is 3.25. The largest absolute Gasteiger partial charge is 0.478 e. The maximum atomic E-state index is 12.1. The van der Waals surface area contributed by atoms with Gasteiger partial charge in [0.1, 0.15) is 5.69 Å². The van der Waals surface area contributed by atoms with Crippen LogP contribution in [0.5, 0.6) is 0 Å². The molecule has 5 nitrogen and oxygen atoms in total. The Bertz CT molecular complexity index is 448. The third-order valence-corrected chi connectivity index (χ3v) is 3.30. The van der Waals surface area contributed by atoms with Crippen LogP contribution >= 0.6 is 0 Å². The molecule has 0 atom stereocenters. The summed E-state index contributed by atoms with van der Waals surface area (Å²) in [5, 5.41) is 8.76. The van der Waals surface area contributed by atoms with E-state index in [0.29, 0.717) is 11.6 Å². The number of carbonyl (C=O) groups excluding carboxylic acids is 1. The number of nitrogens with zero attached hydrogens (tertiary/aromatic N) is 2. The standard InChI is InChI=1S/C13H16N2O3/c1-9-4-6-15(7-5-9)12(16)11-3-2-10(8-14-11)13(17)18/h2-3,8-9H,4-7H2,1H3,(H,17,18). The van der Waals surface area contributed by atoms with Gasteiger partial charge in [-0.15, -0.1) is 0 Å². The quantitative estimate of drug-likeness (QED) is 0.864. The van der Waals surface area contributed by atoms with E-state index in [1.807, 2.05) is 0 Å². The van der Waals surface area contributed by atoms with E-state index in [9.17, 15) is 9.59 Å². The van der Waals surface area contributed by atoms with Crippen molar-refractivity contribution >= 4 is 11.9 Å². The minimum atomic E-state index is -1.03. The summed E-state index contributed by atoms with van der Waals surface area (Å²) in [6.45, 7) is 3.69. The Kier molecular flexibility index (Phi) is 3.60. The number of carbonyl (C=O) groups is 2. The van der Waals surface area contributed by atoms with Gasteiger partial charge in [0.2, 0.25) is 0 Å². The smallest absolute Gasteiger partial charge is 0.337 e. The van der Waals surface area contributed by atoms with Crippen molar-refractivity contribution in [3.8, 4) is 0 Å². The van der Waals surface area contributed by atoms with Crippen LogP contribution in [0, 0.1) is 5.92 Å². The van der Waals surface area contributed by atoms with E-state index >= 15 is 0 Å². The molecule has 1 aliphatic heterocycles. The molecule has 5 heteroatoms. The van der Waals surface area contributed by atoms with Crippen LogP contribution in [-0.2, 0) is 0 Å². The van der Waals surface area contributed by atoms with Gasteiger partial charge in [0.25, 0.3) is 5.91 Å². The summed E-state index contributed by atoms with van der Waals surface area (Å²) < 4.78 is 0. The predicted octanol–water partition coefficient (Wildman–Crippen LogP) is 1.65. The maximum absolute atomic E-state index is 12.1. The van der Waals surface area contributed by atoms with Gasteiger partial charge in [0.05, 0.1) is 5.56 Å². The van der Waals surface area contributed by atoms with Crippen molar-refractivity contribution in [2.45, 2.75) is 19.8 Å². The van der Waals surface area contributed by atoms with E-state index in [2.05, 4.69) is 11.9 Å². The molecule has 0 spiro atoms. The van der Waals surface area contributed by atoms with E-state index in [1.165, 1.54) is 18.3 Å². The summed E-state index contributed by atoms with van der Waals surface area (Å²) in [7, 11) is 0. The highest BCUT2D eigenvalue weighted by atomic mass is 16.4. The normalized spacial score (nSPS) is 16.6. The van der Waals surface area contributed by atoms with Crippen molar-refractivity contribution in [2.75, 3.05) is 13.1 Å². The Morgan fingerprint density at radius 2 is 2.00 bits per heavy atom. The summed E-state index contributed by atoms with van der Waals surface area (Å²) in [5.41, 5.74) is 0.411. The Hall–Kier alpha value is -1.91. The molecule has 1 aliphatic rings. The third-order valence-electron chi connectivity index (χ3n) is 3.30. The first-order valence-electron chi connectivity index (χ1n) is 6.06. The number of pyridine rings is 1. The van der Waals surface area contributed by atoms with Gasteiger partial charge >= 0.3 is 5.97 Å². The molecule has 1 aromatic heterocycles. The second-order valence-electron chi connectivity index (χ2n) is 4.71. The van der Waals surface area contributed by atoms with Crippen LogP contribution in [0.3, 0.4) is 0 Å². The summed E-state index contributed by atoms with van der Waals surface area (Å²) in [5.74, 6) is -0.483. The van der Waals surface area contributed by atoms with Crippen LogP contribution < -0.4 is 0 Å². The molecule has 2 heterocycles. The lowest BCUT2D eigenvalue weighted by Crippen LogP contribution is -2.38. The fourth-order valence-corrected chi connectivity index (χ4v) is 2.02. The monoisotopic (exact) mass is 248 g/mol. The number of rotatable bonds is 2. The number of hydrogen-bond acceptors (Lipinski definition) is 3. The molecular formula is C13H16N2O3. The maximum Gasteiger partial charge on any atom is 0.337 e. The Morgan fingerprint density at radius 3 is 2.50 bits per heavy atom. The Balaban J connectivity index is 2.07. The first-order valence-corrected chi connectivity index (χ1v) is 6.06. The van der Waals surface area contributed by atoms with Gasteiger partial charge in [-0.3, -0.25) is 9.78 Å². The number of amides is 1. The van der Waals surface area contributed by atoms with Crippen molar-refractivity contribution in [3.05, 3.63) is 29.6 Å². The molecule has 96 valence electrons. The van der Waals surface area contributed by atoms with E-state index < -0.39 is 5.97 Å². The number of hydrogen-bond donors (Lipinski definition) is 1. The molecule has 0 bridgehead atoms. The van der Waals surface area contributed by atoms with E-state index in [-0.39, 0.29) is 11.5 Å². The van der Waals surface area contributed by atoms with E-state index in [4.69, 9.17) is 5.11 Å².